The van der Waals surface area contributed by atoms with Crippen LogP contribution < -0.4 is 10.2 Å². The van der Waals surface area contributed by atoms with Crippen LogP contribution in [0.25, 0.3) is 0 Å². The van der Waals surface area contributed by atoms with E-state index in [0.717, 1.165) is 13.0 Å². The van der Waals surface area contributed by atoms with Crippen molar-refractivity contribution in [2.45, 2.75) is 6.42 Å². The second kappa shape index (κ2) is 8.70. The van der Waals surface area contributed by atoms with Crippen LogP contribution in [0, 0.1) is 5.82 Å². The molecular weight excluding hydrogens is 285 g/mol. The van der Waals surface area contributed by atoms with Gasteiger partial charge < -0.3 is 19.9 Å². The summed E-state index contributed by atoms with van der Waals surface area (Å²) in [5.41, 5.74) is 0.618. The summed E-state index contributed by atoms with van der Waals surface area (Å²) in [5.74, 6) is -0.104. The van der Waals surface area contributed by atoms with Gasteiger partial charge >= 0.3 is 0 Å². The zero-order valence-electron chi connectivity index (χ0n) is 13.1. The lowest BCUT2D eigenvalue weighted by molar-refractivity contribution is -0.130. The predicted molar refractivity (Wildman–Crippen MR) is 84.6 cm³/mol. The lowest BCUT2D eigenvalue weighted by Crippen LogP contribution is -2.51. The van der Waals surface area contributed by atoms with Gasteiger partial charge in [-0.3, -0.25) is 4.79 Å². The molecule has 1 aliphatic rings. The van der Waals surface area contributed by atoms with Crippen molar-refractivity contribution in [2.24, 2.45) is 0 Å². The molecule has 22 heavy (non-hydrogen) atoms. The smallest absolute Gasteiger partial charge is 0.236 e. The Hall–Kier alpha value is -1.66. The topological polar surface area (TPSA) is 44.8 Å². The minimum absolute atomic E-state index is 0.102. The van der Waals surface area contributed by atoms with Gasteiger partial charge in [0, 0.05) is 39.9 Å². The third kappa shape index (κ3) is 4.68. The Balaban J connectivity index is 1.72. The number of carbonyl (C=O) groups excluding carboxylic acids is 1. The lowest BCUT2D eigenvalue weighted by atomic mass is 10.2. The Labute approximate surface area is 131 Å². The first-order chi connectivity index (χ1) is 10.7. The first kappa shape index (κ1) is 16.7. The monoisotopic (exact) mass is 309 g/mol. The number of nitrogens with one attached hydrogen (secondary N) is 1. The maximum Gasteiger partial charge on any atom is 0.236 e. The van der Waals surface area contributed by atoms with Crippen molar-refractivity contribution in [1.29, 1.82) is 0 Å². The number of halogens is 1. The second-order valence-electron chi connectivity index (χ2n) is 5.34. The molecule has 0 bridgehead atoms. The fraction of sp³-hybridized carbons (Fsp3) is 0.562. The Kier molecular flexibility index (Phi) is 6.61. The molecule has 2 rings (SSSR count). The third-order valence-corrected chi connectivity index (χ3v) is 3.80. The van der Waals surface area contributed by atoms with E-state index in [4.69, 9.17) is 4.74 Å². The molecule has 0 aromatic heterocycles. The summed E-state index contributed by atoms with van der Waals surface area (Å²) in [5, 5.41) is 3.12. The average molecular weight is 309 g/mol. The van der Waals surface area contributed by atoms with Crippen LogP contribution in [0.3, 0.4) is 0 Å². The van der Waals surface area contributed by atoms with E-state index >= 15 is 0 Å². The van der Waals surface area contributed by atoms with Crippen molar-refractivity contribution in [2.75, 3.05) is 57.9 Å². The number of para-hydroxylation sites is 1. The fourth-order valence-electron chi connectivity index (χ4n) is 2.55. The number of piperazine rings is 1. The van der Waals surface area contributed by atoms with Gasteiger partial charge in [-0.05, 0) is 25.1 Å². The number of hydrogen-bond donors (Lipinski definition) is 1. The van der Waals surface area contributed by atoms with E-state index in [1.54, 1.807) is 19.2 Å². The first-order valence-electron chi connectivity index (χ1n) is 7.69. The molecule has 0 radical (unpaired) electrons. The molecule has 5 nitrogen and oxygen atoms in total. The van der Waals surface area contributed by atoms with E-state index in [1.807, 2.05) is 15.9 Å². The van der Waals surface area contributed by atoms with Crippen LogP contribution in [0.15, 0.2) is 24.3 Å². The van der Waals surface area contributed by atoms with Crippen LogP contribution in [-0.4, -0.2) is 63.8 Å². The summed E-state index contributed by atoms with van der Waals surface area (Å²) in [6.45, 7) is 4.41. The number of nitrogens with zero attached hydrogens (tertiary/aromatic N) is 2. The van der Waals surface area contributed by atoms with Crippen LogP contribution in [0.4, 0.5) is 10.1 Å². The number of carbonyl (C=O) groups is 1. The molecule has 0 unspecified atom stereocenters. The molecule has 6 heteroatoms. The quantitative estimate of drug-likeness (QED) is 0.766. The molecule has 122 valence electrons. The maximum absolute atomic E-state index is 13.8. The predicted octanol–water partition coefficient (Wildman–Crippen LogP) is 1.10. The number of amides is 1. The molecule has 0 saturated carbocycles. The molecule has 1 saturated heterocycles. The number of rotatable bonds is 7. The lowest BCUT2D eigenvalue weighted by Gasteiger charge is -2.36. The summed E-state index contributed by atoms with van der Waals surface area (Å²) < 4.78 is 18.7. The Bertz CT molecular complexity index is 476. The number of anilines is 1. The van der Waals surface area contributed by atoms with Gasteiger partial charge in [0.15, 0.2) is 0 Å². The highest BCUT2D eigenvalue weighted by atomic mass is 19.1. The van der Waals surface area contributed by atoms with Crippen molar-refractivity contribution in [1.82, 2.24) is 10.2 Å². The fourth-order valence-corrected chi connectivity index (χ4v) is 2.55. The molecular formula is C16H24FN3O2. The van der Waals surface area contributed by atoms with Gasteiger partial charge in [0.25, 0.3) is 0 Å². The highest BCUT2D eigenvalue weighted by Crippen LogP contribution is 2.19. The van der Waals surface area contributed by atoms with Crippen molar-refractivity contribution in [3.05, 3.63) is 30.1 Å². The van der Waals surface area contributed by atoms with Crippen molar-refractivity contribution in [3.8, 4) is 0 Å². The second-order valence-corrected chi connectivity index (χ2v) is 5.34. The minimum Gasteiger partial charge on any atom is -0.385 e. The summed E-state index contributed by atoms with van der Waals surface area (Å²) in [7, 11) is 1.67. The number of hydrogen-bond acceptors (Lipinski definition) is 4. The molecule has 1 fully saturated rings. The van der Waals surface area contributed by atoms with E-state index < -0.39 is 0 Å². The van der Waals surface area contributed by atoms with Crippen LogP contribution in [0.5, 0.6) is 0 Å². The van der Waals surface area contributed by atoms with Crippen LogP contribution in [0.2, 0.25) is 0 Å². The number of benzene rings is 1. The Morgan fingerprint density at radius 1 is 1.27 bits per heavy atom. The number of methoxy groups -OCH3 is 1. The summed E-state index contributed by atoms with van der Waals surface area (Å²) in [6, 6.07) is 6.77. The van der Waals surface area contributed by atoms with Gasteiger partial charge in [-0.25, -0.2) is 4.39 Å². The SMILES string of the molecule is COCCCNCC(=O)N1CCN(c2ccccc2F)CC1. The molecule has 1 aromatic rings. The molecule has 0 atom stereocenters. The summed E-state index contributed by atoms with van der Waals surface area (Å²) in [6.07, 6.45) is 0.894. The molecule has 1 aromatic carbocycles. The third-order valence-electron chi connectivity index (χ3n) is 3.80. The van der Waals surface area contributed by atoms with E-state index in [0.29, 0.717) is 45.0 Å². The Morgan fingerprint density at radius 3 is 2.68 bits per heavy atom. The van der Waals surface area contributed by atoms with Crippen molar-refractivity contribution < 1.29 is 13.9 Å². The van der Waals surface area contributed by atoms with Crippen LogP contribution >= 0.6 is 0 Å². The van der Waals surface area contributed by atoms with E-state index in [1.165, 1.54) is 6.07 Å². The average Bonchev–Trinajstić information content (AvgIpc) is 2.55. The highest BCUT2D eigenvalue weighted by Gasteiger charge is 2.22. The number of ether oxygens (including phenoxy) is 1. The van der Waals surface area contributed by atoms with Gasteiger partial charge in [-0.15, -0.1) is 0 Å². The summed E-state index contributed by atoms with van der Waals surface area (Å²) >= 11 is 0. The van der Waals surface area contributed by atoms with Gasteiger partial charge in [0.1, 0.15) is 5.82 Å². The van der Waals surface area contributed by atoms with E-state index in [-0.39, 0.29) is 11.7 Å². The minimum atomic E-state index is -0.206. The molecule has 0 aliphatic carbocycles. The standard InChI is InChI=1S/C16H24FN3O2/c1-22-12-4-7-18-13-16(21)20-10-8-19(9-11-20)15-6-3-2-5-14(15)17/h2-3,5-6,18H,4,7-13H2,1H3. The van der Waals surface area contributed by atoms with Gasteiger partial charge in [-0.1, -0.05) is 12.1 Å². The molecule has 1 N–H and O–H groups in total. The highest BCUT2D eigenvalue weighted by molar-refractivity contribution is 5.78. The normalized spacial score (nSPS) is 15.2. The Morgan fingerprint density at radius 2 is 2.00 bits per heavy atom. The van der Waals surface area contributed by atoms with Crippen LogP contribution in [-0.2, 0) is 9.53 Å². The van der Waals surface area contributed by atoms with Gasteiger partial charge in [-0.2, -0.15) is 0 Å². The van der Waals surface area contributed by atoms with Crippen molar-refractivity contribution >= 4 is 11.6 Å². The zero-order valence-corrected chi connectivity index (χ0v) is 13.1. The largest absolute Gasteiger partial charge is 0.385 e. The molecule has 1 amide bonds. The van der Waals surface area contributed by atoms with Gasteiger partial charge in [0.2, 0.25) is 5.91 Å². The van der Waals surface area contributed by atoms with Crippen LogP contribution in [0.1, 0.15) is 6.42 Å². The first-order valence-corrected chi connectivity index (χ1v) is 7.69. The molecule has 0 spiro atoms. The summed E-state index contributed by atoms with van der Waals surface area (Å²) in [4.78, 5) is 15.9. The molecule has 1 heterocycles. The van der Waals surface area contributed by atoms with Crippen molar-refractivity contribution in [3.63, 3.8) is 0 Å². The zero-order chi connectivity index (χ0) is 15.8. The van der Waals surface area contributed by atoms with E-state index in [9.17, 15) is 9.18 Å². The molecule has 1 aliphatic heterocycles. The van der Waals surface area contributed by atoms with E-state index in [2.05, 4.69) is 5.32 Å². The van der Waals surface area contributed by atoms with Gasteiger partial charge in [0.05, 0.1) is 12.2 Å². The maximum atomic E-state index is 13.8.